The normalized spacial score (nSPS) is 10.1. The molecule has 0 saturated heterocycles. The molecule has 1 aromatic carbocycles. The van der Waals surface area contributed by atoms with Crippen molar-refractivity contribution in [2.75, 3.05) is 0 Å². The van der Waals surface area contributed by atoms with Gasteiger partial charge >= 0.3 is 5.97 Å². The summed E-state index contributed by atoms with van der Waals surface area (Å²) in [6, 6.07) is 7.88. The van der Waals surface area contributed by atoms with Crippen LogP contribution in [-0.4, -0.2) is 15.6 Å². The van der Waals surface area contributed by atoms with Crippen LogP contribution in [0.3, 0.4) is 0 Å². The maximum Gasteiger partial charge on any atom is 0.341 e. The zero-order valence-corrected chi connectivity index (χ0v) is 10.4. The summed E-state index contributed by atoms with van der Waals surface area (Å²) in [7, 11) is 0. The Kier molecular flexibility index (Phi) is 3.36. The van der Waals surface area contributed by atoms with Crippen molar-refractivity contribution in [3.63, 3.8) is 0 Å². The first-order valence-corrected chi connectivity index (χ1v) is 5.61. The van der Waals surface area contributed by atoms with Crippen molar-refractivity contribution >= 4 is 5.97 Å². The molecule has 1 heterocycles. The number of hydrogen-bond donors (Lipinski definition) is 1. The van der Waals surface area contributed by atoms with Gasteiger partial charge in [0.2, 0.25) is 0 Å². The first-order valence-electron chi connectivity index (χ1n) is 5.61. The Morgan fingerprint density at radius 2 is 1.95 bits per heavy atom. The fraction of sp³-hybridized carbons (Fsp3) is 0.0714. The highest BCUT2D eigenvalue weighted by Crippen LogP contribution is 2.14. The third kappa shape index (κ3) is 2.17. The van der Waals surface area contributed by atoms with Gasteiger partial charge in [-0.1, -0.05) is 0 Å². The number of pyridine rings is 1. The number of aromatic carboxylic acids is 1. The molecular weight excluding hydrogens is 263 g/mol. The molecule has 20 heavy (non-hydrogen) atoms. The largest absolute Gasteiger partial charge is 0.477 e. The zero-order valence-electron chi connectivity index (χ0n) is 10.4. The highest BCUT2D eigenvalue weighted by atomic mass is 19.1. The lowest BCUT2D eigenvalue weighted by Gasteiger charge is -2.12. The molecule has 2 rings (SSSR count). The molecule has 0 amide bonds. The molecule has 6 heteroatoms. The smallest absolute Gasteiger partial charge is 0.341 e. The number of halogens is 1. The van der Waals surface area contributed by atoms with Crippen molar-refractivity contribution in [2.45, 2.75) is 6.92 Å². The van der Waals surface area contributed by atoms with Crippen LogP contribution in [0.4, 0.5) is 4.39 Å². The molecule has 0 aliphatic carbocycles. The fourth-order valence-corrected chi connectivity index (χ4v) is 1.87. The number of nitriles is 1. The number of nitrogens with zero attached hydrogens (tertiary/aromatic N) is 2. The van der Waals surface area contributed by atoms with E-state index in [9.17, 15) is 14.0 Å². The van der Waals surface area contributed by atoms with Gasteiger partial charge in [0.15, 0.2) is 0 Å². The molecule has 0 spiro atoms. The number of aromatic nitrogens is 1. The van der Waals surface area contributed by atoms with E-state index < -0.39 is 22.9 Å². The maximum atomic E-state index is 12.9. The second kappa shape index (κ2) is 4.97. The van der Waals surface area contributed by atoms with Crippen LogP contribution in [0.5, 0.6) is 0 Å². The van der Waals surface area contributed by atoms with Crippen LogP contribution >= 0.6 is 0 Å². The van der Waals surface area contributed by atoms with Gasteiger partial charge in [-0.15, -0.1) is 0 Å². The van der Waals surface area contributed by atoms with Crippen molar-refractivity contribution < 1.29 is 14.3 Å². The molecular formula is C14H9FN2O3. The molecule has 5 nitrogen and oxygen atoms in total. The quantitative estimate of drug-likeness (QED) is 0.904. The minimum Gasteiger partial charge on any atom is -0.477 e. The third-order valence-electron chi connectivity index (χ3n) is 2.88. The molecule has 2 aromatic rings. The first kappa shape index (κ1) is 13.5. The van der Waals surface area contributed by atoms with E-state index in [0.29, 0.717) is 11.4 Å². The predicted octanol–water partition coefficient (Wildman–Crippen LogP) is 1.85. The number of hydrogen-bond acceptors (Lipinski definition) is 3. The van der Waals surface area contributed by atoms with Gasteiger partial charge in [-0.05, 0) is 37.3 Å². The van der Waals surface area contributed by atoms with Gasteiger partial charge in [-0.25, -0.2) is 9.18 Å². The van der Waals surface area contributed by atoms with E-state index in [-0.39, 0.29) is 5.56 Å². The van der Waals surface area contributed by atoms with Crippen molar-refractivity contribution in [3.8, 4) is 11.8 Å². The van der Waals surface area contributed by atoms with E-state index in [4.69, 9.17) is 10.4 Å². The molecule has 0 unspecified atom stereocenters. The molecule has 1 aromatic heterocycles. The fourth-order valence-electron chi connectivity index (χ4n) is 1.87. The minimum atomic E-state index is -1.41. The molecule has 0 aliphatic heterocycles. The molecule has 0 aliphatic rings. The Morgan fingerprint density at radius 3 is 2.45 bits per heavy atom. The van der Waals surface area contributed by atoms with Gasteiger partial charge < -0.3 is 5.11 Å². The van der Waals surface area contributed by atoms with Crippen LogP contribution in [0.2, 0.25) is 0 Å². The summed E-state index contributed by atoms with van der Waals surface area (Å²) in [5.74, 6) is -1.89. The number of rotatable bonds is 2. The van der Waals surface area contributed by atoms with E-state index in [1.54, 1.807) is 0 Å². The van der Waals surface area contributed by atoms with Crippen molar-refractivity contribution in [2.24, 2.45) is 0 Å². The highest BCUT2D eigenvalue weighted by Gasteiger charge is 2.17. The number of carbonyl (C=O) groups is 1. The first-order chi connectivity index (χ1) is 9.45. The number of carboxylic acids is 1. The van der Waals surface area contributed by atoms with Gasteiger partial charge in [-0.2, -0.15) is 5.26 Å². The van der Waals surface area contributed by atoms with E-state index in [2.05, 4.69) is 0 Å². The SMILES string of the molecule is Cc1c(C#N)cc(C(=O)O)c(=O)n1-c1ccc(F)cc1. The summed E-state index contributed by atoms with van der Waals surface area (Å²) in [4.78, 5) is 23.2. The third-order valence-corrected chi connectivity index (χ3v) is 2.88. The lowest BCUT2D eigenvalue weighted by Crippen LogP contribution is -2.27. The lowest BCUT2D eigenvalue weighted by molar-refractivity contribution is 0.0694. The van der Waals surface area contributed by atoms with E-state index in [1.165, 1.54) is 19.1 Å². The van der Waals surface area contributed by atoms with Crippen LogP contribution in [0, 0.1) is 24.1 Å². The maximum absolute atomic E-state index is 12.9. The molecule has 0 radical (unpaired) electrons. The van der Waals surface area contributed by atoms with Gasteiger partial charge in [-0.3, -0.25) is 9.36 Å². The van der Waals surface area contributed by atoms with Crippen LogP contribution in [0.25, 0.3) is 5.69 Å². The average Bonchev–Trinajstić information content (AvgIpc) is 2.41. The van der Waals surface area contributed by atoms with Crippen molar-refractivity contribution in [1.82, 2.24) is 4.57 Å². The summed E-state index contributed by atoms with van der Waals surface area (Å²) in [6.45, 7) is 1.52. The highest BCUT2D eigenvalue weighted by molar-refractivity contribution is 5.87. The minimum absolute atomic E-state index is 0.0753. The van der Waals surface area contributed by atoms with Gasteiger partial charge in [0, 0.05) is 11.4 Å². The summed E-state index contributed by atoms with van der Waals surface area (Å²) in [5.41, 5.74) is -0.592. The van der Waals surface area contributed by atoms with Gasteiger partial charge in [0.05, 0.1) is 5.56 Å². The predicted molar refractivity (Wildman–Crippen MR) is 68.4 cm³/mol. The zero-order chi connectivity index (χ0) is 14.9. The Labute approximate surface area is 113 Å². The molecule has 1 N–H and O–H groups in total. The van der Waals surface area contributed by atoms with Gasteiger partial charge in [0.25, 0.3) is 5.56 Å². The van der Waals surface area contributed by atoms with Gasteiger partial charge in [0.1, 0.15) is 17.4 Å². The van der Waals surface area contributed by atoms with Crippen LogP contribution in [0.1, 0.15) is 21.6 Å². The standard InChI is InChI=1S/C14H9FN2O3/c1-8-9(7-16)6-12(14(19)20)13(18)17(8)11-4-2-10(15)3-5-11/h2-6H,1H3,(H,19,20). The number of benzene rings is 1. The lowest BCUT2D eigenvalue weighted by atomic mass is 10.1. The monoisotopic (exact) mass is 272 g/mol. The molecule has 0 fully saturated rings. The second-order valence-corrected chi connectivity index (χ2v) is 4.09. The van der Waals surface area contributed by atoms with Crippen LogP contribution < -0.4 is 5.56 Å². The van der Waals surface area contributed by atoms with Crippen LogP contribution in [0.15, 0.2) is 35.1 Å². The molecule has 0 atom stereocenters. The van der Waals surface area contributed by atoms with Crippen LogP contribution in [-0.2, 0) is 0 Å². The molecule has 0 saturated carbocycles. The second-order valence-electron chi connectivity index (χ2n) is 4.09. The average molecular weight is 272 g/mol. The van der Waals surface area contributed by atoms with Crippen molar-refractivity contribution in [1.29, 1.82) is 5.26 Å². The summed E-state index contributed by atoms with van der Waals surface area (Å²) in [5, 5.41) is 18.0. The topological polar surface area (TPSA) is 83.1 Å². The van der Waals surface area contributed by atoms with E-state index in [0.717, 1.165) is 22.8 Å². The van der Waals surface area contributed by atoms with E-state index >= 15 is 0 Å². The Hall–Kier alpha value is -2.94. The Balaban J connectivity index is 2.84. The van der Waals surface area contributed by atoms with Crippen molar-refractivity contribution in [3.05, 3.63) is 63.3 Å². The summed E-state index contributed by atoms with van der Waals surface area (Å²) < 4.78 is 14.0. The Morgan fingerprint density at radius 1 is 1.35 bits per heavy atom. The van der Waals surface area contributed by atoms with E-state index in [1.807, 2.05) is 6.07 Å². The molecule has 100 valence electrons. The molecule has 0 bridgehead atoms. The number of carboxylic acid groups (broad SMARTS) is 1. The Bertz CT molecular complexity index is 786. The summed E-state index contributed by atoms with van der Waals surface area (Å²) >= 11 is 0. The summed E-state index contributed by atoms with van der Waals surface area (Å²) in [6.07, 6.45) is 0.